The van der Waals surface area contributed by atoms with Gasteiger partial charge in [0.1, 0.15) is 17.7 Å². The summed E-state index contributed by atoms with van der Waals surface area (Å²) < 4.78 is 27.2. The number of anilines is 1. The zero-order valence-electron chi connectivity index (χ0n) is 9.29. The third-order valence-corrected chi connectivity index (χ3v) is 3.79. The van der Waals surface area contributed by atoms with Crippen molar-refractivity contribution >= 4 is 27.5 Å². The van der Waals surface area contributed by atoms with E-state index in [0.717, 1.165) is 12.1 Å². The summed E-state index contributed by atoms with van der Waals surface area (Å²) in [5.41, 5.74) is -0.458. The van der Waals surface area contributed by atoms with Crippen LogP contribution in [0.4, 0.5) is 14.5 Å². The van der Waals surface area contributed by atoms with Crippen molar-refractivity contribution in [1.82, 2.24) is 0 Å². The summed E-state index contributed by atoms with van der Waals surface area (Å²) in [5.74, 6) is -1.71. The van der Waals surface area contributed by atoms with E-state index in [2.05, 4.69) is 15.9 Å². The van der Waals surface area contributed by atoms with Crippen molar-refractivity contribution in [1.29, 1.82) is 5.26 Å². The van der Waals surface area contributed by atoms with Crippen LogP contribution in [0.25, 0.3) is 0 Å². The number of carbonyl (C=O) groups is 1. The summed E-state index contributed by atoms with van der Waals surface area (Å²) in [6, 6.07) is 3.28. The molecule has 1 fully saturated rings. The van der Waals surface area contributed by atoms with Gasteiger partial charge in [0.2, 0.25) is 5.91 Å². The van der Waals surface area contributed by atoms with E-state index >= 15 is 0 Å². The first-order valence-corrected chi connectivity index (χ1v) is 6.44. The van der Waals surface area contributed by atoms with E-state index in [0.29, 0.717) is 18.3 Å². The van der Waals surface area contributed by atoms with Crippen LogP contribution in [-0.4, -0.2) is 17.8 Å². The Morgan fingerprint density at radius 2 is 2.17 bits per heavy atom. The van der Waals surface area contributed by atoms with Crippen molar-refractivity contribution in [3.63, 3.8) is 0 Å². The monoisotopic (exact) mass is 314 g/mol. The standard InChI is InChI=1S/C12H9BrF2N2O/c13-4-7-1-12(18)17(6-7)11-3-9(14)8(5-16)2-10(11)15/h2-3,7H,1,4,6H2. The molecule has 0 bridgehead atoms. The third-order valence-electron chi connectivity index (χ3n) is 2.87. The first-order chi connectivity index (χ1) is 8.56. The average Bonchev–Trinajstić information content (AvgIpc) is 2.73. The maximum Gasteiger partial charge on any atom is 0.227 e. The van der Waals surface area contributed by atoms with Crippen molar-refractivity contribution in [2.45, 2.75) is 6.42 Å². The molecule has 0 aliphatic carbocycles. The Bertz CT molecular complexity index is 542. The van der Waals surface area contributed by atoms with Gasteiger partial charge < -0.3 is 4.90 Å². The van der Waals surface area contributed by atoms with Crippen molar-refractivity contribution < 1.29 is 13.6 Å². The molecule has 1 heterocycles. The van der Waals surface area contributed by atoms with Gasteiger partial charge in [-0.1, -0.05) is 15.9 Å². The molecule has 0 aromatic heterocycles. The second-order valence-corrected chi connectivity index (χ2v) is 4.77. The summed E-state index contributed by atoms with van der Waals surface area (Å²) >= 11 is 3.27. The molecule has 0 spiro atoms. The number of halogens is 3. The van der Waals surface area contributed by atoms with Crippen LogP contribution >= 0.6 is 15.9 Å². The van der Waals surface area contributed by atoms with E-state index in [9.17, 15) is 13.6 Å². The van der Waals surface area contributed by atoms with Crippen LogP contribution in [0.15, 0.2) is 12.1 Å². The molecule has 2 rings (SSSR count). The lowest BCUT2D eigenvalue weighted by molar-refractivity contribution is -0.117. The van der Waals surface area contributed by atoms with Gasteiger partial charge in [-0.25, -0.2) is 8.78 Å². The van der Waals surface area contributed by atoms with Crippen LogP contribution in [0.2, 0.25) is 0 Å². The van der Waals surface area contributed by atoms with Crippen LogP contribution in [0.1, 0.15) is 12.0 Å². The lowest BCUT2D eigenvalue weighted by atomic mass is 10.1. The molecule has 18 heavy (non-hydrogen) atoms. The van der Waals surface area contributed by atoms with Crippen LogP contribution in [0.3, 0.4) is 0 Å². The largest absolute Gasteiger partial charge is 0.309 e. The van der Waals surface area contributed by atoms with Crippen LogP contribution in [0, 0.1) is 28.9 Å². The van der Waals surface area contributed by atoms with Crippen molar-refractivity contribution in [3.05, 3.63) is 29.3 Å². The SMILES string of the molecule is N#Cc1cc(F)c(N2CC(CBr)CC2=O)cc1F. The molecule has 1 atom stereocenters. The lowest BCUT2D eigenvalue weighted by Gasteiger charge is -2.17. The van der Waals surface area contributed by atoms with Gasteiger partial charge in [0.15, 0.2) is 0 Å². The Morgan fingerprint density at radius 3 is 2.72 bits per heavy atom. The summed E-state index contributed by atoms with van der Waals surface area (Å²) in [6.45, 7) is 0.354. The molecular formula is C12H9BrF2N2O. The molecule has 1 aromatic carbocycles. The molecule has 1 aliphatic heterocycles. The predicted molar refractivity (Wildman–Crippen MR) is 65.3 cm³/mol. The lowest BCUT2D eigenvalue weighted by Crippen LogP contribution is -2.26. The summed E-state index contributed by atoms with van der Waals surface area (Å²) in [4.78, 5) is 12.9. The molecule has 1 unspecified atom stereocenters. The number of rotatable bonds is 2. The molecular weight excluding hydrogens is 306 g/mol. The normalized spacial score (nSPS) is 19.1. The van der Waals surface area contributed by atoms with Crippen molar-refractivity contribution in [2.75, 3.05) is 16.8 Å². The van der Waals surface area contributed by atoms with Gasteiger partial charge in [-0.2, -0.15) is 5.26 Å². The topological polar surface area (TPSA) is 44.1 Å². The zero-order valence-corrected chi connectivity index (χ0v) is 10.9. The molecule has 0 saturated carbocycles. The predicted octanol–water partition coefficient (Wildman–Crippen LogP) is 2.58. The molecule has 1 saturated heterocycles. The molecule has 6 heteroatoms. The second kappa shape index (κ2) is 5.02. The maximum absolute atomic E-state index is 13.7. The summed E-state index contributed by atoms with van der Waals surface area (Å²) in [6.07, 6.45) is 0.312. The molecule has 3 nitrogen and oxygen atoms in total. The molecule has 1 aliphatic rings. The number of nitriles is 1. The Labute approximate surface area is 111 Å². The highest BCUT2D eigenvalue weighted by atomic mass is 79.9. The van der Waals surface area contributed by atoms with E-state index in [-0.39, 0.29) is 23.1 Å². The fourth-order valence-electron chi connectivity index (χ4n) is 1.95. The first-order valence-electron chi connectivity index (χ1n) is 5.32. The molecule has 1 amide bonds. The Morgan fingerprint density at radius 1 is 1.44 bits per heavy atom. The highest BCUT2D eigenvalue weighted by molar-refractivity contribution is 9.09. The van der Waals surface area contributed by atoms with Gasteiger partial charge in [0.25, 0.3) is 0 Å². The molecule has 94 valence electrons. The fraction of sp³-hybridized carbons (Fsp3) is 0.333. The van der Waals surface area contributed by atoms with Crippen molar-refractivity contribution in [3.8, 4) is 6.07 Å². The zero-order chi connectivity index (χ0) is 13.3. The molecule has 0 N–H and O–H groups in total. The van der Waals surface area contributed by atoms with E-state index in [1.807, 2.05) is 0 Å². The summed E-state index contributed by atoms with van der Waals surface area (Å²) in [7, 11) is 0. The number of hydrogen-bond acceptors (Lipinski definition) is 2. The van der Waals surface area contributed by atoms with Crippen LogP contribution in [-0.2, 0) is 4.79 Å². The Hall–Kier alpha value is -1.48. The number of hydrogen-bond donors (Lipinski definition) is 0. The number of nitrogens with zero attached hydrogens (tertiary/aromatic N) is 2. The van der Waals surface area contributed by atoms with Gasteiger partial charge in [0, 0.05) is 24.4 Å². The highest BCUT2D eigenvalue weighted by Gasteiger charge is 2.31. The minimum Gasteiger partial charge on any atom is -0.309 e. The smallest absolute Gasteiger partial charge is 0.227 e. The van der Waals surface area contributed by atoms with E-state index < -0.39 is 11.6 Å². The number of benzene rings is 1. The first kappa shape index (κ1) is 13.0. The molecule has 0 radical (unpaired) electrons. The second-order valence-electron chi connectivity index (χ2n) is 4.12. The van der Waals surface area contributed by atoms with Crippen molar-refractivity contribution in [2.24, 2.45) is 5.92 Å². The van der Waals surface area contributed by atoms with E-state index in [1.54, 1.807) is 6.07 Å². The average molecular weight is 315 g/mol. The minimum atomic E-state index is -0.816. The van der Waals surface area contributed by atoms with E-state index in [1.165, 1.54) is 4.90 Å². The van der Waals surface area contributed by atoms with Gasteiger partial charge in [-0.05, 0) is 12.0 Å². The number of amides is 1. The molecule has 1 aromatic rings. The maximum atomic E-state index is 13.7. The highest BCUT2D eigenvalue weighted by Crippen LogP contribution is 2.29. The van der Waals surface area contributed by atoms with Gasteiger partial charge in [-0.3, -0.25) is 4.79 Å². The quantitative estimate of drug-likeness (QED) is 0.788. The number of alkyl halides is 1. The van der Waals surface area contributed by atoms with Gasteiger partial charge >= 0.3 is 0 Å². The van der Waals surface area contributed by atoms with Crippen LogP contribution < -0.4 is 4.90 Å². The number of carbonyl (C=O) groups excluding carboxylic acids is 1. The Kier molecular flexibility index (Phi) is 3.62. The minimum absolute atomic E-state index is 0.0932. The van der Waals surface area contributed by atoms with Gasteiger partial charge in [-0.15, -0.1) is 0 Å². The summed E-state index contributed by atoms with van der Waals surface area (Å²) in [5, 5.41) is 9.22. The fourth-order valence-corrected chi connectivity index (χ4v) is 2.38. The van der Waals surface area contributed by atoms with Crippen LogP contribution in [0.5, 0.6) is 0 Å². The third kappa shape index (κ3) is 2.23. The van der Waals surface area contributed by atoms with E-state index in [4.69, 9.17) is 5.26 Å². The van der Waals surface area contributed by atoms with Gasteiger partial charge in [0.05, 0.1) is 11.3 Å². The Balaban J connectivity index is 2.38.